The van der Waals surface area contributed by atoms with Crippen molar-refractivity contribution in [2.45, 2.75) is 25.9 Å². The molecular formula is C19H16ClF3N6O. The highest BCUT2D eigenvalue weighted by Gasteiger charge is 2.25. The summed E-state index contributed by atoms with van der Waals surface area (Å²) in [6, 6.07) is 5.23. The van der Waals surface area contributed by atoms with E-state index in [2.05, 4.69) is 26.1 Å². The van der Waals surface area contributed by atoms with Gasteiger partial charge in [-0.3, -0.25) is 4.90 Å². The van der Waals surface area contributed by atoms with Crippen LogP contribution in [-0.2, 0) is 19.5 Å². The number of pyridine rings is 2. The zero-order valence-electron chi connectivity index (χ0n) is 15.6. The second-order valence-corrected chi connectivity index (χ2v) is 6.86. The standard InChI is InChI=1S/C19H16ClF3N6O/c20-17-13(6-25)14-9-29(4-1-12(14)18(28-17)26-3-2-24)8-11-5-15(21)19(27-7-11)30-10-16(22)23/h5,7,16H,1,3-4,8-10H2,(H,26,28). The van der Waals surface area contributed by atoms with Crippen LogP contribution in [0.25, 0.3) is 0 Å². The van der Waals surface area contributed by atoms with Gasteiger partial charge in [0.05, 0.1) is 11.6 Å². The summed E-state index contributed by atoms with van der Waals surface area (Å²) in [6.45, 7) is 0.404. The van der Waals surface area contributed by atoms with E-state index in [-0.39, 0.29) is 17.3 Å². The summed E-state index contributed by atoms with van der Waals surface area (Å²) in [5.41, 5.74) is 2.32. The molecule has 0 amide bonds. The molecule has 1 N–H and O–H groups in total. The summed E-state index contributed by atoms with van der Waals surface area (Å²) in [4.78, 5) is 9.94. The summed E-state index contributed by atoms with van der Waals surface area (Å²) in [7, 11) is 0. The number of nitrogens with zero attached hydrogens (tertiary/aromatic N) is 5. The number of fused-ring (bicyclic) bond motifs is 1. The molecule has 156 valence electrons. The first-order valence-corrected chi connectivity index (χ1v) is 9.30. The molecule has 0 atom stereocenters. The lowest BCUT2D eigenvalue weighted by Gasteiger charge is -2.30. The molecule has 0 fully saturated rings. The SMILES string of the molecule is N#CCNc1nc(Cl)c(C#N)c2c1CCN(Cc1cnc(OCC(F)F)c(F)c1)C2. The van der Waals surface area contributed by atoms with Gasteiger partial charge in [0.2, 0.25) is 0 Å². The zero-order valence-corrected chi connectivity index (χ0v) is 16.4. The van der Waals surface area contributed by atoms with Crippen molar-refractivity contribution < 1.29 is 17.9 Å². The molecule has 3 rings (SSSR count). The summed E-state index contributed by atoms with van der Waals surface area (Å²) in [5, 5.41) is 21.2. The average molecular weight is 437 g/mol. The van der Waals surface area contributed by atoms with Crippen LogP contribution < -0.4 is 10.1 Å². The predicted molar refractivity (Wildman–Crippen MR) is 102 cm³/mol. The van der Waals surface area contributed by atoms with Crippen molar-refractivity contribution >= 4 is 17.4 Å². The summed E-state index contributed by atoms with van der Waals surface area (Å²) < 4.78 is 43.1. The molecule has 2 aromatic heterocycles. The number of halogens is 4. The predicted octanol–water partition coefficient (Wildman–Crippen LogP) is 3.28. The number of aromatic nitrogens is 2. The first-order valence-electron chi connectivity index (χ1n) is 8.92. The van der Waals surface area contributed by atoms with Gasteiger partial charge in [0.25, 0.3) is 12.3 Å². The fourth-order valence-corrected chi connectivity index (χ4v) is 3.47. The van der Waals surface area contributed by atoms with E-state index in [0.717, 1.165) is 5.56 Å². The highest BCUT2D eigenvalue weighted by Crippen LogP contribution is 2.32. The lowest BCUT2D eigenvalue weighted by atomic mass is 9.96. The van der Waals surface area contributed by atoms with Crippen molar-refractivity contribution in [3.63, 3.8) is 0 Å². The van der Waals surface area contributed by atoms with Gasteiger partial charge in [0.15, 0.2) is 12.4 Å². The second kappa shape index (κ2) is 9.61. The third kappa shape index (κ3) is 4.90. The Morgan fingerprint density at radius 1 is 1.33 bits per heavy atom. The third-order valence-electron chi connectivity index (χ3n) is 4.49. The molecule has 2 aromatic rings. The van der Waals surface area contributed by atoms with Gasteiger partial charge in [-0.25, -0.2) is 23.1 Å². The molecular weight excluding hydrogens is 421 g/mol. The smallest absolute Gasteiger partial charge is 0.272 e. The van der Waals surface area contributed by atoms with E-state index < -0.39 is 24.7 Å². The normalized spacial score (nSPS) is 13.4. The van der Waals surface area contributed by atoms with Crippen LogP contribution in [0.1, 0.15) is 22.3 Å². The Kier molecular flexibility index (Phi) is 6.93. The zero-order chi connectivity index (χ0) is 21.7. The number of rotatable bonds is 7. The quantitative estimate of drug-likeness (QED) is 0.525. The van der Waals surface area contributed by atoms with Crippen LogP contribution >= 0.6 is 11.6 Å². The molecule has 0 saturated carbocycles. The average Bonchev–Trinajstić information content (AvgIpc) is 2.71. The Labute approximate surface area is 175 Å². The molecule has 0 bridgehead atoms. The molecule has 3 heterocycles. The van der Waals surface area contributed by atoms with Crippen LogP contribution in [0.15, 0.2) is 12.3 Å². The van der Waals surface area contributed by atoms with Gasteiger partial charge in [-0.15, -0.1) is 0 Å². The topological polar surface area (TPSA) is 97.9 Å². The maximum atomic E-state index is 14.1. The first kappa shape index (κ1) is 21.6. The van der Waals surface area contributed by atoms with Crippen LogP contribution in [0.2, 0.25) is 5.15 Å². The van der Waals surface area contributed by atoms with Crippen molar-refractivity contribution in [2.24, 2.45) is 0 Å². The van der Waals surface area contributed by atoms with E-state index in [1.54, 1.807) is 0 Å². The van der Waals surface area contributed by atoms with Crippen molar-refractivity contribution in [1.29, 1.82) is 10.5 Å². The largest absolute Gasteiger partial charge is 0.470 e. The van der Waals surface area contributed by atoms with E-state index >= 15 is 0 Å². The van der Waals surface area contributed by atoms with Crippen molar-refractivity contribution in [2.75, 3.05) is 25.0 Å². The Morgan fingerprint density at radius 2 is 2.13 bits per heavy atom. The molecule has 30 heavy (non-hydrogen) atoms. The monoisotopic (exact) mass is 436 g/mol. The minimum absolute atomic E-state index is 0.0479. The van der Waals surface area contributed by atoms with Crippen LogP contribution in [0.3, 0.4) is 0 Å². The van der Waals surface area contributed by atoms with E-state index in [1.165, 1.54) is 12.3 Å². The summed E-state index contributed by atoms with van der Waals surface area (Å²) >= 11 is 6.14. The third-order valence-corrected chi connectivity index (χ3v) is 4.76. The minimum Gasteiger partial charge on any atom is -0.470 e. The molecule has 7 nitrogen and oxygen atoms in total. The molecule has 0 aromatic carbocycles. The molecule has 0 saturated heterocycles. The van der Waals surface area contributed by atoms with Crippen LogP contribution in [0.4, 0.5) is 19.0 Å². The number of ether oxygens (including phenoxy) is 1. The van der Waals surface area contributed by atoms with Crippen LogP contribution in [0.5, 0.6) is 5.88 Å². The summed E-state index contributed by atoms with van der Waals surface area (Å²) in [6.07, 6.45) is -0.806. The number of nitriles is 2. The number of alkyl halides is 2. The highest BCUT2D eigenvalue weighted by molar-refractivity contribution is 6.30. The Hall–Kier alpha value is -3.08. The van der Waals surface area contributed by atoms with Crippen LogP contribution in [0, 0.1) is 28.5 Å². The Morgan fingerprint density at radius 3 is 2.80 bits per heavy atom. The van der Waals surface area contributed by atoms with Gasteiger partial charge in [0.1, 0.15) is 23.6 Å². The fourth-order valence-electron chi connectivity index (χ4n) is 3.23. The van der Waals surface area contributed by atoms with Gasteiger partial charge in [-0.05, 0) is 23.6 Å². The van der Waals surface area contributed by atoms with E-state index in [9.17, 15) is 18.4 Å². The maximum absolute atomic E-state index is 14.1. The molecule has 0 aliphatic carbocycles. The second-order valence-electron chi connectivity index (χ2n) is 6.50. The number of hydrogen-bond acceptors (Lipinski definition) is 7. The molecule has 1 aliphatic rings. The fraction of sp³-hybridized carbons (Fsp3) is 0.368. The number of nitrogens with one attached hydrogen (secondary N) is 1. The van der Waals surface area contributed by atoms with E-state index in [1.807, 2.05) is 11.0 Å². The first-order chi connectivity index (χ1) is 14.4. The lowest BCUT2D eigenvalue weighted by molar-refractivity contribution is 0.0773. The van der Waals surface area contributed by atoms with Crippen molar-refractivity contribution in [3.05, 3.63) is 45.5 Å². The van der Waals surface area contributed by atoms with Crippen LogP contribution in [-0.4, -0.2) is 41.0 Å². The van der Waals surface area contributed by atoms with Gasteiger partial charge in [0, 0.05) is 31.4 Å². The van der Waals surface area contributed by atoms with E-state index in [0.29, 0.717) is 43.0 Å². The van der Waals surface area contributed by atoms with Gasteiger partial charge in [-0.1, -0.05) is 11.6 Å². The van der Waals surface area contributed by atoms with E-state index in [4.69, 9.17) is 16.9 Å². The molecule has 11 heteroatoms. The molecule has 0 unspecified atom stereocenters. The summed E-state index contributed by atoms with van der Waals surface area (Å²) in [5.74, 6) is -0.817. The van der Waals surface area contributed by atoms with Gasteiger partial charge >= 0.3 is 0 Å². The number of hydrogen-bond donors (Lipinski definition) is 1. The highest BCUT2D eigenvalue weighted by atomic mass is 35.5. The molecule has 0 radical (unpaired) electrons. The maximum Gasteiger partial charge on any atom is 0.272 e. The lowest BCUT2D eigenvalue weighted by Crippen LogP contribution is -2.32. The van der Waals surface area contributed by atoms with Gasteiger partial charge < -0.3 is 10.1 Å². The van der Waals surface area contributed by atoms with Crippen molar-refractivity contribution in [1.82, 2.24) is 14.9 Å². The number of anilines is 1. The Bertz CT molecular complexity index is 1020. The Balaban J connectivity index is 1.78. The molecule has 0 spiro atoms. The van der Waals surface area contributed by atoms with Gasteiger partial charge in [-0.2, -0.15) is 10.5 Å². The minimum atomic E-state index is -2.72. The molecule has 1 aliphatic heterocycles. The van der Waals surface area contributed by atoms with Crippen molar-refractivity contribution in [3.8, 4) is 18.0 Å².